The Morgan fingerprint density at radius 2 is 2.50 bits per heavy atom. The number of nitrogens with one attached hydrogen (secondary N) is 1. The number of hydrogen-bond acceptors (Lipinski definition) is 4. The summed E-state index contributed by atoms with van der Waals surface area (Å²) in [6, 6.07) is 1.90. The van der Waals surface area contributed by atoms with Gasteiger partial charge in [0.1, 0.15) is 0 Å². The second-order valence-corrected chi connectivity index (χ2v) is 4.38. The molecular weight excluding hydrogens is 222 g/mol. The monoisotopic (exact) mass is 235 g/mol. The summed E-state index contributed by atoms with van der Waals surface area (Å²) in [5, 5.41) is 14.8. The zero-order valence-electron chi connectivity index (χ0n) is 8.00. The van der Waals surface area contributed by atoms with Crippen molar-refractivity contribution in [3.05, 3.63) is 21.3 Å². The standard InChI is InChI=1S/C9H14ClNO2S/c1-13-5-8(4-12)11-3-9-2-7(10)6-14-9/h2,6,8,11-12H,3-5H2,1H3. The van der Waals surface area contributed by atoms with Gasteiger partial charge in [-0.3, -0.25) is 0 Å². The van der Waals surface area contributed by atoms with Gasteiger partial charge in [-0.2, -0.15) is 0 Å². The molecule has 0 saturated heterocycles. The second kappa shape index (κ2) is 6.37. The molecule has 0 radical (unpaired) electrons. The topological polar surface area (TPSA) is 41.5 Å². The third-order valence-corrected chi connectivity index (χ3v) is 3.06. The fraction of sp³-hybridized carbons (Fsp3) is 0.556. The number of aliphatic hydroxyl groups is 1. The van der Waals surface area contributed by atoms with Crippen molar-refractivity contribution in [3.8, 4) is 0 Å². The van der Waals surface area contributed by atoms with Crippen LogP contribution in [0.2, 0.25) is 5.02 Å². The van der Waals surface area contributed by atoms with E-state index in [1.165, 1.54) is 0 Å². The lowest BCUT2D eigenvalue weighted by Gasteiger charge is -2.13. The zero-order chi connectivity index (χ0) is 10.4. The number of aliphatic hydroxyl groups excluding tert-OH is 1. The summed E-state index contributed by atoms with van der Waals surface area (Å²) in [5.41, 5.74) is 0. The molecule has 0 bridgehead atoms. The Bertz CT molecular complexity index is 267. The highest BCUT2D eigenvalue weighted by Crippen LogP contribution is 2.18. The van der Waals surface area contributed by atoms with E-state index >= 15 is 0 Å². The molecular formula is C9H14ClNO2S. The molecule has 0 aliphatic carbocycles. The largest absolute Gasteiger partial charge is 0.395 e. The number of halogens is 1. The first-order chi connectivity index (χ1) is 6.76. The molecule has 0 saturated carbocycles. The van der Waals surface area contributed by atoms with Gasteiger partial charge in [-0.25, -0.2) is 0 Å². The van der Waals surface area contributed by atoms with Gasteiger partial charge in [0.15, 0.2) is 0 Å². The van der Waals surface area contributed by atoms with Crippen LogP contribution in [0, 0.1) is 0 Å². The minimum absolute atomic E-state index is 0.0131. The third kappa shape index (κ3) is 3.94. The lowest BCUT2D eigenvalue weighted by atomic mass is 10.3. The van der Waals surface area contributed by atoms with Crippen LogP contribution in [0.3, 0.4) is 0 Å². The van der Waals surface area contributed by atoms with E-state index in [1.807, 2.05) is 11.4 Å². The lowest BCUT2D eigenvalue weighted by molar-refractivity contribution is 0.128. The van der Waals surface area contributed by atoms with Gasteiger partial charge in [0, 0.05) is 23.9 Å². The molecule has 1 atom stereocenters. The van der Waals surface area contributed by atoms with E-state index in [9.17, 15) is 0 Å². The molecule has 1 rings (SSSR count). The first-order valence-electron chi connectivity index (χ1n) is 4.32. The van der Waals surface area contributed by atoms with E-state index in [4.69, 9.17) is 21.4 Å². The van der Waals surface area contributed by atoms with Crippen LogP contribution >= 0.6 is 22.9 Å². The maximum atomic E-state index is 8.98. The zero-order valence-corrected chi connectivity index (χ0v) is 9.57. The predicted molar refractivity (Wildman–Crippen MR) is 58.9 cm³/mol. The van der Waals surface area contributed by atoms with Crippen LogP contribution in [-0.4, -0.2) is 31.5 Å². The molecule has 0 spiro atoms. The van der Waals surface area contributed by atoms with Gasteiger partial charge >= 0.3 is 0 Å². The van der Waals surface area contributed by atoms with Crippen LogP contribution in [0.4, 0.5) is 0 Å². The van der Waals surface area contributed by atoms with Gasteiger partial charge in [-0.15, -0.1) is 11.3 Å². The number of thiophene rings is 1. The van der Waals surface area contributed by atoms with Crippen molar-refractivity contribution >= 4 is 22.9 Å². The van der Waals surface area contributed by atoms with E-state index in [0.29, 0.717) is 13.2 Å². The molecule has 80 valence electrons. The first-order valence-corrected chi connectivity index (χ1v) is 5.58. The Morgan fingerprint density at radius 3 is 3.00 bits per heavy atom. The maximum Gasteiger partial charge on any atom is 0.0638 e. The molecule has 1 heterocycles. The maximum absolute atomic E-state index is 8.98. The summed E-state index contributed by atoms with van der Waals surface area (Å²) in [5.74, 6) is 0. The van der Waals surface area contributed by atoms with E-state index in [0.717, 1.165) is 9.90 Å². The normalized spacial score (nSPS) is 13.1. The van der Waals surface area contributed by atoms with Crippen molar-refractivity contribution in [2.75, 3.05) is 20.3 Å². The molecule has 1 aromatic rings. The second-order valence-electron chi connectivity index (χ2n) is 2.95. The van der Waals surface area contributed by atoms with Gasteiger partial charge in [-0.05, 0) is 6.07 Å². The summed E-state index contributed by atoms with van der Waals surface area (Å²) < 4.78 is 4.94. The van der Waals surface area contributed by atoms with Crippen molar-refractivity contribution in [1.29, 1.82) is 0 Å². The quantitative estimate of drug-likeness (QED) is 0.785. The number of rotatable bonds is 6. The van der Waals surface area contributed by atoms with Crippen molar-refractivity contribution in [2.24, 2.45) is 0 Å². The average Bonchev–Trinajstić information content (AvgIpc) is 2.59. The van der Waals surface area contributed by atoms with Crippen LogP contribution in [0.1, 0.15) is 4.88 Å². The minimum atomic E-state index is -0.0131. The minimum Gasteiger partial charge on any atom is -0.395 e. The van der Waals surface area contributed by atoms with Gasteiger partial charge in [0.25, 0.3) is 0 Å². The SMILES string of the molecule is COCC(CO)NCc1cc(Cl)cs1. The first kappa shape index (κ1) is 11.9. The molecule has 0 fully saturated rings. The molecule has 0 amide bonds. The van der Waals surface area contributed by atoms with Crippen LogP contribution < -0.4 is 5.32 Å². The third-order valence-electron chi connectivity index (χ3n) is 1.77. The van der Waals surface area contributed by atoms with E-state index in [-0.39, 0.29) is 12.6 Å². The average molecular weight is 236 g/mol. The lowest BCUT2D eigenvalue weighted by Crippen LogP contribution is -2.35. The predicted octanol–water partition coefficient (Wildman–Crippen LogP) is 1.50. The smallest absolute Gasteiger partial charge is 0.0638 e. The molecule has 14 heavy (non-hydrogen) atoms. The Kier molecular flexibility index (Phi) is 5.44. The Labute approximate surface area is 92.7 Å². The molecule has 0 aliphatic heterocycles. The Morgan fingerprint density at radius 1 is 1.71 bits per heavy atom. The Hall–Kier alpha value is -0.130. The molecule has 1 unspecified atom stereocenters. The van der Waals surface area contributed by atoms with Crippen molar-refractivity contribution < 1.29 is 9.84 Å². The summed E-state index contributed by atoms with van der Waals surface area (Å²) in [7, 11) is 1.62. The van der Waals surface area contributed by atoms with Gasteiger partial charge in [-0.1, -0.05) is 11.6 Å². The van der Waals surface area contributed by atoms with E-state index < -0.39 is 0 Å². The van der Waals surface area contributed by atoms with Crippen LogP contribution in [0.5, 0.6) is 0 Å². The van der Waals surface area contributed by atoms with Crippen molar-refractivity contribution in [2.45, 2.75) is 12.6 Å². The molecule has 3 nitrogen and oxygen atoms in total. The van der Waals surface area contributed by atoms with Gasteiger partial charge < -0.3 is 15.2 Å². The Balaban J connectivity index is 2.31. The fourth-order valence-corrected chi connectivity index (χ4v) is 2.09. The highest BCUT2D eigenvalue weighted by Gasteiger charge is 2.06. The van der Waals surface area contributed by atoms with Crippen LogP contribution in [-0.2, 0) is 11.3 Å². The van der Waals surface area contributed by atoms with Crippen LogP contribution in [0.15, 0.2) is 11.4 Å². The van der Waals surface area contributed by atoms with Crippen molar-refractivity contribution in [1.82, 2.24) is 5.32 Å². The summed E-state index contributed by atoms with van der Waals surface area (Å²) in [6.07, 6.45) is 0. The highest BCUT2D eigenvalue weighted by atomic mass is 35.5. The molecule has 2 N–H and O–H groups in total. The number of ether oxygens (including phenoxy) is 1. The molecule has 0 aliphatic rings. The summed E-state index contributed by atoms with van der Waals surface area (Å²) in [4.78, 5) is 1.16. The highest BCUT2D eigenvalue weighted by molar-refractivity contribution is 7.10. The van der Waals surface area contributed by atoms with E-state index in [1.54, 1.807) is 18.4 Å². The molecule has 1 aromatic heterocycles. The summed E-state index contributed by atoms with van der Waals surface area (Å²) in [6.45, 7) is 1.30. The van der Waals surface area contributed by atoms with Gasteiger partial charge in [0.2, 0.25) is 0 Å². The summed E-state index contributed by atoms with van der Waals surface area (Å²) >= 11 is 7.38. The fourth-order valence-electron chi connectivity index (χ4n) is 1.07. The van der Waals surface area contributed by atoms with Crippen molar-refractivity contribution in [3.63, 3.8) is 0 Å². The number of hydrogen-bond donors (Lipinski definition) is 2. The number of methoxy groups -OCH3 is 1. The van der Waals surface area contributed by atoms with Gasteiger partial charge in [0.05, 0.1) is 24.3 Å². The molecule has 5 heteroatoms. The molecule has 0 aromatic carbocycles. The van der Waals surface area contributed by atoms with Crippen LogP contribution in [0.25, 0.3) is 0 Å². The van der Waals surface area contributed by atoms with E-state index in [2.05, 4.69) is 5.32 Å².